The molecule has 0 N–H and O–H groups in total. The van der Waals surface area contributed by atoms with Gasteiger partial charge < -0.3 is 9.80 Å². The number of piperazine rings is 1. The van der Waals surface area contributed by atoms with Crippen LogP contribution in [-0.2, 0) is 0 Å². The summed E-state index contributed by atoms with van der Waals surface area (Å²) in [5.74, 6) is -0.205. The Bertz CT molecular complexity index is 1180. The van der Waals surface area contributed by atoms with E-state index in [0.717, 1.165) is 39.0 Å². The molecule has 0 spiro atoms. The number of carbonyl (C=O) groups excluding carboxylic acids is 1. The second-order valence-electron chi connectivity index (χ2n) is 8.76. The largest absolute Gasteiger partial charge is 0.369 e. The second-order valence-corrected chi connectivity index (χ2v) is 8.76. The summed E-state index contributed by atoms with van der Waals surface area (Å²) in [6.07, 6.45) is 5.14. The highest BCUT2D eigenvalue weighted by molar-refractivity contribution is 5.93. The van der Waals surface area contributed by atoms with Crippen molar-refractivity contribution in [2.24, 2.45) is 0 Å². The number of carbonyl (C=O) groups is 1. The normalized spacial score (nSPS) is 20.0. The Labute approximate surface area is 187 Å². The zero-order valence-corrected chi connectivity index (χ0v) is 18.5. The number of nitrogens with zero attached hydrogens (tertiary/aromatic N) is 5. The first-order chi connectivity index (χ1) is 15.6. The molecule has 2 fully saturated rings. The zero-order chi connectivity index (χ0) is 22.1. The Kier molecular flexibility index (Phi) is 5.66. The SMILES string of the molecule is Cc1ccccc1N1CCN([C@H]2CCCN(C(=O)c3cnc4ccccn4c3=O)C2)CC1. The third-order valence-electron chi connectivity index (χ3n) is 6.81. The summed E-state index contributed by atoms with van der Waals surface area (Å²) < 4.78 is 1.44. The maximum Gasteiger partial charge on any atom is 0.270 e. The van der Waals surface area contributed by atoms with Crippen molar-refractivity contribution >= 4 is 17.2 Å². The van der Waals surface area contributed by atoms with Crippen molar-refractivity contribution in [3.8, 4) is 0 Å². The van der Waals surface area contributed by atoms with Gasteiger partial charge in [-0.1, -0.05) is 24.3 Å². The zero-order valence-electron chi connectivity index (χ0n) is 18.5. The lowest BCUT2D eigenvalue weighted by atomic mass is 10.0. The smallest absolute Gasteiger partial charge is 0.270 e. The number of fused-ring (bicyclic) bond motifs is 1. The van der Waals surface area contributed by atoms with Crippen LogP contribution in [0.25, 0.3) is 5.65 Å². The molecule has 2 aromatic heterocycles. The summed E-state index contributed by atoms with van der Waals surface area (Å²) in [5, 5.41) is 0. The van der Waals surface area contributed by atoms with Gasteiger partial charge in [0.2, 0.25) is 0 Å². The van der Waals surface area contributed by atoms with Crippen LogP contribution in [0.4, 0.5) is 5.69 Å². The van der Waals surface area contributed by atoms with Gasteiger partial charge in [-0.3, -0.25) is 18.9 Å². The van der Waals surface area contributed by atoms with Gasteiger partial charge in [0.05, 0.1) is 0 Å². The van der Waals surface area contributed by atoms with E-state index in [-0.39, 0.29) is 17.0 Å². The van der Waals surface area contributed by atoms with Crippen molar-refractivity contribution in [2.75, 3.05) is 44.2 Å². The predicted octanol–water partition coefficient (Wildman–Crippen LogP) is 2.43. The minimum Gasteiger partial charge on any atom is -0.369 e. The van der Waals surface area contributed by atoms with Gasteiger partial charge >= 0.3 is 0 Å². The van der Waals surface area contributed by atoms with Gasteiger partial charge in [-0.05, 0) is 43.5 Å². The van der Waals surface area contributed by atoms with Crippen LogP contribution in [0.2, 0.25) is 0 Å². The Morgan fingerprint density at radius 1 is 1.00 bits per heavy atom. The monoisotopic (exact) mass is 431 g/mol. The second kappa shape index (κ2) is 8.74. The predicted molar refractivity (Wildman–Crippen MR) is 125 cm³/mol. The average molecular weight is 432 g/mol. The van der Waals surface area contributed by atoms with Crippen molar-refractivity contribution in [1.82, 2.24) is 19.2 Å². The van der Waals surface area contributed by atoms with E-state index >= 15 is 0 Å². The number of rotatable bonds is 3. The van der Waals surface area contributed by atoms with Crippen molar-refractivity contribution in [3.05, 3.63) is 76.3 Å². The summed E-state index contributed by atoms with van der Waals surface area (Å²) in [7, 11) is 0. The van der Waals surface area contributed by atoms with Gasteiger partial charge in [-0.2, -0.15) is 0 Å². The lowest BCUT2D eigenvalue weighted by molar-refractivity contribution is 0.0561. The summed E-state index contributed by atoms with van der Waals surface area (Å²) in [5.41, 5.74) is 3.04. The molecule has 2 aliphatic rings. The van der Waals surface area contributed by atoms with E-state index in [2.05, 4.69) is 46.0 Å². The lowest BCUT2D eigenvalue weighted by Crippen LogP contribution is -2.56. The highest BCUT2D eigenvalue weighted by Crippen LogP contribution is 2.24. The van der Waals surface area contributed by atoms with Crippen LogP contribution in [-0.4, -0.2) is 70.4 Å². The van der Waals surface area contributed by atoms with Crippen LogP contribution in [0.15, 0.2) is 59.7 Å². The number of benzene rings is 1. The standard InChI is InChI=1S/C25H29N5O2/c1-19-7-2-3-9-22(19)28-15-13-27(14-16-28)20-8-6-11-29(18-20)24(31)21-17-26-23-10-4-5-12-30(23)25(21)32/h2-5,7,9-10,12,17,20H,6,8,11,13-16,18H2,1H3/t20-/m0/s1. The first-order valence-corrected chi connectivity index (χ1v) is 11.4. The van der Waals surface area contributed by atoms with E-state index in [4.69, 9.17) is 0 Å². The number of amides is 1. The summed E-state index contributed by atoms with van der Waals surface area (Å²) >= 11 is 0. The topological polar surface area (TPSA) is 61.2 Å². The number of para-hydroxylation sites is 1. The third-order valence-corrected chi connectivity index (χ3v) is 6.81. The molecule has 2 saturated heterocycles. The van der Waals surface area contributed by atoms with E-state index in [1.807, 2.05) is 11.0 Å². The minimum atomic E-state index is -0.297. The van der Waals surface area contributed by atoms with Crippen LogP contribution < -0.4 is 10.5 Å². The van der Waals surface area contributed by atoms with Crippen LogP contribution in [0.3, 0.4) is 0 Å². The number of aryl methyl sites for hydroxylation is 1. The molecular weight excluding hydrogens is 402 g/mol. The molecule has 2 aliphatic heterocycles. The average Bonchev–Trinajstić information content (AvgIpc) is 2.85. The third kappa shape index (κ3) is 3.88. The molecule has 1 atom stereocenters. The maximum atomic E-state index is 13.2. The molecule has 0 radical (unpaired) electrons. The molecule has 32 heavy (non-hydrogen) atoms. The highest BCUT2D eigenvalue weighted by Gasteiger charge is 2.31. The van der Waals surface area contributed by atoms with Crippen molar-refractivity contribution in [2.45, 2.75) is 25.8 Å². The van der Waals surface area contributed by atoms with E-state index < -0.39 is 0 Å². The molecule has 3 aromatic rings. The lowest BCUT2D eigenvalue weighted by Gasteiger charge is -2.44. The fourth-order valence-electron chi connectivity index (χ4n) is 5.03. The molecule has 166 valence electrons. The van der Waals surface area contributed by atoms with E-state index in [9.17, 15) is 9.59 Å². The first kappa shape index (κ1) is 20.7. The molecule has 5 rings (SSSR count). The van der Waals surface area contributed by atoms with Gasteiger partial charge in [0, 0.05) is 63.4 Å². The van der Waals surface area contributed by atoms with Gasteiger partial charge in [0.25, 0.3) is 11.5 Å². The Hall–Kier alpha value is -3.19. The summed E-state index contributed by atoms with van der Waals surface area (Å²) in [4.78, 5) is 37.2. The van der Waals surface area contributed by atoms with E-state index in [1.165, 1.54) is 21.8 Å². The molecule has 7 nitrogen and oxygen atoms in total. The molecule has 0 bridgehead atoms. The van der Waals surface area contributed by atoms with Gasteiger partial charge in [0.15, 0.2) is 0 Å². The number of hydrogen-bond donors (Lipinski definition) is 0. The molecule has 4 heterocycles. The Morgan fingerprint density at radius 2 is 1.78 bits per heavy atom. The fourth-order valence-corrected chi connectivity index (χ4v) is 5.03. The minimum absolute atomic E-state index is 0.152. The first-order valence-electron chi connectivity index (χ1n) is 11.4. The van der Waals surface area contributed by atoms with Crippen LogP contribution in [0, 0.1) is 6.92 Å². The quantitative estimate of drug-likeness (QED) is 0.638. The molecule has 1 amide bonds. The Balaban J connectivity index is 1.26. The van der Waals surface area contributed by atoms with Gasteiger partial charge in [-0.15, -0.1) is 0 Å². The number of piperidine rings is 1. The highest BCUT2D eigenvalue weighted by atomic mass is 16.2. The van der Waals surface area contributed by atoms with Crippen LogP contribution in [0.1, 0.15) is 28.8 Å². The molecule has 0 saturated carbocycles. The molecule has 1 aromatic carbocycles. The van der Waals surface area contributed by atoms with Crippen LogP contribution in [0.5, 0.6) is 0 Å². The number of pyridine rings is 1. The van der Waals surface area contributed by atoms with Gasteiger partial charge in [-0.25, -0.2) is 4.98 Å². The number of aromatic nitrogens is 2. The number of anilines is 1. The molecule has 7 heteroatoms. The summed E-state index contributed by atoms with van der Waals surface area (Å²) in [6.45, 7) is 7.48. The maximum absolute atomic E-state index is 13.2. The van der Waals surface area contributed by atoms with E-state index in [0.29, 0.717) is 24.8 Å². The number of likely N-dealkylation sites (tertiary alicyclic amines) is 1. The number of hydrogen-bond acceptors (Lipinski definition) is 5. The van der Waals surface area contributed by atoms with Gasteiger partial charge in [0.1, 0.15) is 11.2 Å². The molecule has 0 unspecified atom stereocenters. The van der Waals surface area contributed by atoms with Crippen molar-refractivity contribution in [1.29, 1.82) is 0 Å². The van der Waals surface area contributed by atoms with E-state index in [1.54, 1.807) is 18.3 Å². The fraction of sp³-hybridized carbons (Fsp3) is 0.400. The van der Waals surface area contributed by atoms with Crippen LogP contribution >= 0.6 is 0 Å². The molecule has 0 aliphatic carbocycles. The van der Waals surface area contributed by atoms with Crippen molar-refractivity contribution < 1.29 is 4.79 Å². The van der Waals surface area contributed by atoms with Crippen molar-refractivity contribution in [3.63, 3.8) is 0 Å². The summed E-state index contributed by atoms with van der Waals surface area (Å²) in [6, 6.07) is 14.3. The Morgan fingerprint density at radius 3 is 2.59 bits per heavy atom. The molecular formula is C25H29N5O2.